The third kappa shape index (κ3) is 3.18. The number of nitriles is 1. The highest BCUT2D eigenvalue weighted by molar-refractivity contribution is 5.96. The lowest BCUT2D eigenvalue weighted by atomic mass is 10.1. The van der Waals surface area contributed by atoms with E-state index in [2.05, 4.69) is 0 Å². The van der Waals surface area contributed by atoms with Crippen LogP contribution in [0.3, 0.4) is 0 Å². The van der Waals surface area contributed by atoms with Crippen molar-refractivity contribution < 1.29 is 14.3 Å². The van der Waals surface area contributed by atoms with Gasteiger partial charge in [-0.25, -0.2) is 9.18 Å². The van der Waals surface area contributed by atoms with Crippen molar-refractivity contribution in [2.75, 3.05) is 11.4 Å². The Labute approximate surface area is 121 Å². The highest BCUT2D eigenvalue weighted by atomic mass is 19.1. The monoisotopic (exact) mass is 284 g/mol. The van der Waals surface area contributed by atoms with Crippen molar-refractivity contribution in [2.45, 2.75) is 6.42 Å². The van der Waals surface area contributed by atoms with E-state index in [0.717, 1.165) is 6.07 Å². The molecule has 2 aromatic carbocycles. The molecule has 1 N–H and O–H groups in total. The zero-order chi connectivity index (χ0) is 15.2. The van der Waals surface area contributed by atoms with Crippen LogP contribution in [0, 0.1) is 17.1 Å². The van der Waals surface area contributed by atoms with E-state index < -0.39 is 11.8 Å². The second-order valence-corrected chi connectivity index (χ2v) is 4.33. The number of aromatic carboxylic acids is 1. The molecule has 0 aliphatic heterocycles. The second kappa shape index (κ2) is 6.53. The lowest BCUT2D eigenvalue weighted by molar-refractivity contribution is 0.0692. The van der Waals surface area contributed by atoms with Gasteiger partial charge in [0.2, 0.25) is 0 Å². The quantitative estimate of drug-likeness (QED) is 0.911. The molecule has 0 unspecified atom stereocenters. The Morgan fingerprint density at radius 2 is 1.90 bits per heavy atom. The van der Waals surface area contributed by atoms with E-state index in [1.165, 1.54) is 12.1 Å². The number of hydrogen-bond acceptors (Lipinski definition) is 3. The van der Waals surface area contributed by atoms with Crippen LogP contribution in [0.5, 0.6) is 0 Å². The molecule has 0 fully saturated rings. The molecule has 0 saturated carbocycles. The highest BCUT2D eigenvalue weighted by Crippen LogP contribution is 2.30. The van der Waals surface area contributed by atoms with Gasteiger partial charge in [-0.2, -0.15) is 5.26 Å². The van der Waals surface area contributed by atoms with Gasteiger partial charge in [0.15, 0.2) is 0 Å². The molecular formula is C16H13FN2O2. The third-order valence-corrected chi connectivity index (χ3v) is 3.01. The predicted molar refractivity (Wildman–Crippen MR) is 77.0 cm³/mol. The number of carboxylic acid groups (broad SMARTS) is 1. The normalized spacial score (nSPS) is 9.90. The Morgan fingerprint density at radius 1 is 1.19 bits per heavy atom. The standard InChI is InChI=1S/C16H13FN2O2/c17-13-8-4-9-14(15(13)16(20)21)19(11-5-10-18)12-6-2-1-3-7-12/h1-4,6-9H,5,11H2,(H,20,21). The van der Waals surface area contributed by atoms with E-state index in [-0.39, 0.29) is 24.2 Å². The van der Waals surface area contributed by atoms with Crippen LogP contribution < -0.4 is 4.90 Å². The Morgan fingerprint density at radius 3 is 2.52 bits per heavy atom. The van der Waals surface area contributed by atoms with Crippen LogP contribution in [0.2, 0.25) is 0 Å². The molecule has 2 rings (SSSR count). The highest BCUT2D eigenvalue weighted by Gasteiger charge is 2.21. The minimum absolute atomic E-state index is 0.199. The first-order chi connectivity index (χ1) is 10.1. The van der Waals surface area contributed by atoms with Crippen molar-refractivity contribution in [3.05, 3.63) is 59.9 Å². The van der Waals surface area contributed by atoms with Crippen LogP contribution in [-0.4, -0.2) is 17.6 Å². The number of hydrogen-bond donors (Lipinski definition) is 1. The van der Waals surface area contributed by atoms with Gasteiger partial charge >= 0.3 is 5.97 Å². The third-order valence-electron chi connectivity index (χ3n) is 3.01. The molecule has 0 radical (unpaired) electrons. The number of halogens is 1. The summed E-state index contributed by atoms with van der Waals surface area (Å²) in [5, 5.41) is 18.0. The van der Waals surface area contributed by atoms with E-state index in [1.54, 1.807) is 29.2 Å². The number of rotatable bonds is 5. The van der Waals surface area contributed by atoms with Gasteiger partial charge in [0.05, 0.1) is 18.2 Å². The summed E-state index contributed by atoms with van der Waals surface area (Å²) in [5.41, 5.74) is 0.559. The van der Waals surface area contributed by atoms with Crippen molar-refractivity contribution in [1.29, 1.82) is 5.26 Å². The van der Waals surface area contributed by atoms with Crippen molar-refractivity contribution in [1.82, 2.24) is 0 Å². The number of nitrogens with zero attached hydrogens (tertiary/aromatic N) is 2. The average Bonchev–Trinajstić information content (AvgIpc) is 2.48. The smallest absolute Gasteiger partial charge is 0.340 e. The maximum absolute atomic E-state index is 13.8. The molecule has 0 aliphatic rings. The molecule has 0 amide bonds. The Kier molecular flexibility index (Phi) is 4.52. The minimum atomic E-state index is -1.33. The van der Waals surface area contributed by atoms with Crippen molar-refractivity contribution in [2.24, 2.45) is 0 Å². The summed E-state index contributed by atoms with van der Waals surface area (Å²) >= 11 is 0. The van der Waals surface area contributed by atoms with Crippen LogP contribution in [0.25, 0.3) is 0 Å². The molecule has 106 valence electrons. The molecule has 2 aromatic rings. The molecule has 5 heteroatoms. The van der Waals surface area contributed by atoms with Gasteiger partial charge < -0.3 is 10.0 Å². The predicted octanol–water partition coefficient (Wildman–Crippen LogP) is 3.58. The Hall–Kier alpha value is -2.87. The maximum Gasteiger partial charge on any atom is 0.340 e. The molecule has 0 spiro atoms. The summed E-state index contributed by atoms with van der Waals surface area (Å²) < 4.78 is 13.8. The summed E-state index contributed by atoms with van der Waals surface area (Å²) in [6, 6.07) is 15.1. The minimum Gasteiger partial charge on any atom is -0.478 e. The fraction of sp³-hybridized carbons (Fsp3) is 0.125. The van der Waals surface area contributed by atoms with Crippen LogP contribution >= 0.6 is 0 Å². The number of anilines is 2. The van der Waals surface area contributed by atoms with Crippen molar-refractivity contribution in [3.8, 4) is 6.07 Å². The maximum atomic E-state index is 13.8. The van der Waals surface area contributed by atoms with Crippen LogP contribution in [-0.2, 0) is 0 Å². The van der Waals surface area contributed by atoms with E-state index in [0.29, 0.717) is 5.69 Å². The SMILES string of the molecule is N#CCCN(c1ccccc1)c1cccc(F)c1C(=O)O. The van der Waals surface area contributed by atoms with E-state index >= 15 is 0 Å². The largest absolute Gasteiger partial charge is 0.478 e. The summed E-state index contributed by atoms with van der Waals surface area (Å²) in [7, 11) is 0. The number of benzene rings is 2. The van der Waals surface area contributed by atoms with Crippen molar-refractivity contribution in [3.63, 3.8) is 0 Å². The van der Waals surface area contributed by atoms with Gasteiger partial charge in [-0.3, -0.25) is 0 Å². The molecule has 0 heterocycles. The van der Waals surface area contributed by atoms with Crippen molar-refractivity contribution >= 4 is 17.3 Å². The Balaban J connectivity index is 2.55. The fourth-order valence-corrected chi connectivity index (χ4v) is 2.11. The molecule has 0 bridgehead atoms. The van der Waals surface area contributed by atoms with E-state index in [1.807, 2.05) is 12.1 Å². The molecule has 0 aromatic heterocycles. The molecule has 4 nitrogen and oxygen atoms in total. The number of carbonyl (C=O) groups is 1. The average molecular weight is 284 g/mol. The summed E-state index contributed by atoms with van der Waals surface area (Å²) in [5.74, 6) is -2.13. The van der Waals surface area contributed by atoms with Gasteiger partial charge in [-0.05, 0) is 24.3 Å². The van der Waals surface area contributed by atoms with Gasteiger partial charge in [-0.15, -0.1) is 0 Å². The first kappa shape index (κ1) is 14.5. The number of para-hydroxylation sites is 1. The molecule has 0 saturated heterocycles. The summed E-state index contributed by atoms with van der Waals surface area (Å²) in [6.07, 6.45) is 0.199. The Bertz CT molecular complexity index is 680. The van der Waals surface area contributed by atoms with Gasteiger partial charge in [-0.1, -0.05) is 24.3 Å². The molecule has 0 aliphatic carbocycles. The van der Waals surface area contributed by atoms with Gasteiger partial charge in [0, 0.05) is 12.2 Å². The second-order valence-electron chi connectivity index (χ2n) is 4.33. The van der Waals surface area contributed by atoms with Crippen LogP contribution in [0.4, 0.5) is 15.8 Å². The topological polar surface area (TPSA) is 64.3 Å². The van der Waals surface area contributed by atoms with Crippen LogP contribution in [0.15, 0.2) is 48.5 Å². The zero-order valence-electron chi connectivity index (χ0n) is 11.2. The lowest BCUT2D eigenvalue weighted by Crippen LogP contribution is -2.21. The lowest BCUT2D eigenvalue weighted by Gasteiger charge is -2.25. The molecule has 0 atom stereocenters. The first-order valence-electron chi connectivity index (χ1n) is 6.36. The molecule has 21 heavy (non-hydrogen) atoms. The van der Waals surface area contributed by atoms with E-state index in [4.69, 9.17) is 5.26 Å². The fourth-order valence-electron chi connectivity index (χ4n) is 2.11. The van der Waals surface area contributed by atoms with Gasteiger partial charge in [0.25, 0.3) is 0 Å². The van der Waals surface area contributed by atoms with E-state index in [9.17, 15) is 14.3 Å². The summed E-state index contributed by atoms with van der Waals surface area (Å²) in [6.45, 7) is 0.282. The summed E-state index contributed by atoms with van der Waals surface area (Å²) in [4.78, 5) is 13.0. The first-order valence-corrected chi connectivity index (χ1v) is 6.36. The zero-order valence-corrected chi connectivity index (χ0v) is 11.2. The molecular weight excluding hydrogens is 271 g/mol. The van der Waals surface area contributed by atoms with Gasteiger partial charge in [0.1, 0.15) is 11.4 Å². The number of carboxylic acids is 1. The van der Waals surface area contributed by atoms with Crippen LogP contribution in [0.1, 0.15) is 16.8 Å².